The van der Waals surface area contributed by atoms with E-state index in [9.17, 15) is 29.8 Å². The van der Waals surface area contributed by atoms with Gasteiger partial charge in [-0.25, -0.2) is 9.79 Å². The molecule has 1 atom stereocenters. The molecule has 0 amide bonds. The topological polar surface area (TPSA) is 165 Å². The van der Waals surface area contributed by atoms with E-state index in [-0.39, 0.29) is 30.2 Å². The normalized spacial score (nSPS) is 14.3. The molecule has 3 aromatic carbocycles. The number of aryl methyl sites for hydroxylation is 1. The molecule has 1 aliphatic rings. The highest BCUT2D eigenvalue weighted by molar-refractivity contribution is 9.10. The van der Waals surface area contributed by atoms with Crippen LogP contribution in [-0.4, -0.2) is 33.6 Å². The van der Waals surface area contributed by atoms with Crippen LogP contribution in [0.15, 0.2) is 80.1 Å². The van der Waals surface area contributed by atoms with Crippen LogP contribution in [0, 0.1) is 27.2 Å². The standard InChI is InChI=1S/C33H29BrN4O9S/c1-5-45-26-14-21(13-24(34)30(26)47-17-20-8-11-23(12-9-20)37(41)42)15-27-31(39)36-29(22-10-7-18(3)25(16-22)38(43)44)28(32(40)46-6-2)19(4)35-33(36)48-27/h7-16,29H,5-6,17H2,1-4H3/b27-15+/t29-/m1/s1. The number of thiazole rings is 1. The van der Waals surface area contributed by atoms with Gasteiger partial charge in [0.05, 0.1) is 49.4 Å². The first-order valence-corrected chi connectivity index (χ1v) is 16.3. The van der Waals surface area contributed by atoms with E-state index in [1.807, 2.05) is 6.92 Å². The third kappa shape index (κ3) is 6.92. The van der Waals surface area contributed by atoms with E-state index in [0.717, 1.165) is 11.3 Å². The van der Waals surface area contributed by atoms with Gasteiger partial charge in [-0.15, -0.1) is 0 Å². The van der Waals surface area contributed by atoms with Crippen molar-refractivity contribution in [2.75, 3.05) is 13.2 Å². The van der Waals surface area contributed by atoms with Crippen molar-refractivity contribution in [2.24, 2.45) is 4.99 Å². The molecule has 0 saturated heterocycles. The summed E-state index contributed by atoms with van der Waals surface area (Å²) in [5, 5.41) is 22.8. The summed E-state index contributed by atoms with van der Waals surface area (Å²) in [6, 6.07) is 13.1. The van der Waals surface area contributed by atoms with E-state index in [4.69, 9.17) is 14.2 Å². The van der Waals surface area contributed by atoms with Crippen molar-refractivity contribution in [1.29, 1.82) is 0 Å². The zero-order valence-electron chi connectivity index (χ0n) is 26.2. The lowest BCUT2D eigenvalue weighted by molar-refractivity contribution is -0.385. The summed E-state index contributed by atoms with van der Waals surface area (Å²) < 4.78 is 19.4. The number of halogens is 1. The number of aromatic nitrogens is 1. The van der Waals surface area contributed by atoms with Crippen LogP contribution in [0.1, 0.15) is 49.1 Å². The first-order chi connectivity index (χ1) is 22.9. The van der Waals surface area contributed by atoms with Gasteiger partial charge in [0.1, 0.15) is 6.61 Å². The van der Waals surface area contributed by atoms with Gasteiger partial charge < -0.3 is 14.2 Å². The average molecular weight is 738 g/mol. The van der Waals surface area contributed by atoms with Crippen molar-refractivity contribution in [1.82, 2.24) is 4.57 Å². The van der Waals surface area contributed by atoms with Crippen molar-refractivity contribution in [2.45, 2.75) is 40.3 Å². The van der Waals surface area contributed by atoms with Gasteiger partial charge in [0, 0.05) is 23.8 Å². The Morgan fingerprint density at radius 3 is 2.40 bits per heavy atom. The number of benzene rings is 3. The molecule has 2 heterocycles. The van der Waals surface area contributed by atoms with Crippen LogP contribution in [0.5, 0.6) is 11.5 Å². The number of esters is 1. The molecular formula is C33H29BrN4O9S. The number of hydrogen-bond donors (Lipinski definition) is 0. The Balaban J connectivity index is 1.58. The lowest BCUT2D eigenvalue weighted by Gasteiger charge is -2.24. The fourth-order valence-corrected chi connectivity index (χ4v) is 6.82. The number of nitro benzene ring substituents is 2. The Hall–Kier alpha value is -5.15. The van der Waals surface area contributed by atoms with Crippen molar-refractivity contribution in [3.05, 3.63) is 133 Å². The number of carbonyl (C=O) groups is 1. The van der Waals surface area contributed by atoms with E-state index in [0.29, 0.717) is 59.9 Å². The van der Waals surface area contributed by atoms with Gasteiger partial charge in [0.15, 0.2) is 16.3 Å². The second kappa shape index (κ2) is 14.3. The molecule has 4 aromatic rings. The molecule has 0 unspecified atom stereocenters. The van der Waals surface area contributed by atoms with Crippen LogP contribution >= 0.6 is 27.3 Å². The van der Waals surface area contributed by atoms with E-state index >= 15 is 0 Å². The fraction of sp³-hybridized carbons (Fsp3) is 0.242. The Morgan fingerprint density at radius 1 is 1.02 bits per heavy atom. The second-order valence-electron chi connectivity index (χ2n) is 10.6. The minimum atomic E-state index is -1.01. The zero-order chi connectivity index (χ0) is 34.7. The summed E-state index contributed by atoms with van der Waals surface area (Å²) in [5.41, 5.74) is 1.95. The highest BCUT2D eigenvalue weighted by Crippen LogP contribution is 2.38. The van der Waals surface area contributed by atoms with Gasteiger partial charge in [-0.2, -0.15) is 0 Å². The van der Waals surface area contributed by atoms with Crippen molar-refractivity contribution < 1.29 is 28.9 Å². The molecule has 1 aliphatic heterocycles. The number of nitro groups is 2. The van der Waals surface area contributed by atoms with Gasteiger partial charge in [0.25, 0.3) is 16.9 Å². The molecule has 0 spiro atoms. The number of allylic oxidation sites excluding steroid dienone is 1. The van der Waals surface area contributed by atoms with Gasteiger partial charge in [0.2, 0.25) is 0 Å². The van der Waals surface area contributed by atoms with Crippen LogP contribution in [-0.2, 0) is 16.1 Å². The van der Waals surface area contributed by atoms with Crippen LogP contribution < -0.4 is 24.4 Å². The summed E-state index contributed by atoms with van der Waals surface area (Å²) in [4.78, 5) is 54.0. The molecule has 0 saturated carbocycles. The Morgan fingerprint density at radius 2 is 1.75 bits per heavy atom. The maximum atomic E-state index is 14.1. The van der Waals surface area contributed by atoms with E-state index in [1.54, 1.807) is 63.2 Å². The minimum Gasteiger partial charge on any atom is -0.490 e. The molecular weight excluding hydrogens is 708 g/mol. The smallest absolute Gasteiger partial charge is 0.338 e. The molecule has 0 N–H and O–H groups in total. The molecule has 0 bridgehead atoms. The fourth-order valence-electron chi connectivity index (χ4n) is 5.20. The summed E-state index contributed by atoms with van der Waals surface area (Å²) in [6.07, 6.45) is 1.66. The van der Waals surface area contributed by atoms with Gasteiger partial charge in [-0.1, -0.05) is 23.5 Å². The minimum absolute atomic E-state index is 0.0247. The summed E-state index contributed by atoms with van der Waals surface area (Å²) in [6.45, 7) is 7.26. The van der Waals surface area contributed by atoms with E-state index < -0.39 is 27.4 Å². The number of non-ortho nitro benzene ring substituents is 1. The van der Waals surface area contributed by atoms with Crippen LogP contribution in [0.2, 0.25) is 0 Å². The first kappa shape index (κ1) is 34.2. The molecule has 5 rings (SSSR count). The van der Waals surface area contributed by atoms with Crippen molar-refractivity contribution in [3.8, 4) is 11.5 Å². The summed E-state index contributed by atoms with van der Waals surface area (Å²) >= 11 is 4.66. The largest absolute Gasteiger partial charge is 0.490 e. The lowest BCUT2D eigenvalue weighted by atomic mass is 9.94. The number of fused-ring (bicyclic) bond motifs is 1. The molecule has 0 radical (unpaired) electrons. The quantitative estimate of drug-likeness (QED) is 0.107. The highest BCUT2D eigenvalue weighted by atomic mass is 79.9. The number of hydrogen-bond acceptors (Lipinski definition) is 11. The Labute approximate surface area is 285 Å². The van der Waals surface area contributed by atoms with Crippen LogP contribution in [0.3, 0.4) is 0 Å². The first-order valence-electron chi connectivity index (χ1n) is 14.7. The Bertz CT molecular complexity index is 2160. The van der Waals surface area contributed by atoms with Crippen LogP contribution in [0.4, 0.5) is 11.4 Å². The molecule has 0 fully saturated rings. The van der Waals surface area contributed by atoms with Gasteiger partial charge >= 0.3 is 5.97 Å². The molecule has 15 heteroatoms. The zero-order valence-corrected chi connectivity index (χ0v) is 28.6. The van der Waals surface area contributed by atoms with E-state index in [1.165, 1.54) is 22.8 Å². The maximum Gasteiger partial charge on any atom is 0.338 e. The number of ether oxygens (including phenoxy) is 3. The summed E-state index contributed by atoms with van der Waals surface area (Å²) in [5.74, 6) is 0.137. The molecule has 1 aromatic heterocycles. The molecule has 48 heavy (non-hydrogen) atoms. The highest BCUT2D eigenvalue weighted by Gasteiger charge is 2.34. The number of nitrogens with zero attached hydrogens (tertiary/aromatic N) is 4. The second-order valence-corrected chi connectivity index (χ2v) is 12.4. The SMILES string of the molecule is CCOC(=O)C1=C(C)N=c2s/c(=C/c3cc(Br)c(OCc4ccc([N+](=O)[O-])cc4)c(OCC)c3)c(=O)n2[C@@H]1c1ccc(C)c([N+](=O)[O-])c1. The van der Waals surface area contributed by atoms with Crippen molar-refractivity contribution in [3.63, 3.8) is 0 Å². The van der Waals surface area contributed by atoms with Crippen LogP contribution in [0.25, 0.3) is 6.08 Å². The lowest BCUT2D eigenvalue weighted by Crippen LogP contribution is -2.40. The molecule has 248 valence electrons. The maximum absolute atomic E-state index is 14.1. The molecule has 13 nitrogen and oxygen atoms in total. The molecule has 0 aliphatic carbocycles. The third-order valence-electron chi connectivity index (χ3n) is 7.42. The van der Waals surface area contributed by atoms with Gasteiger partial charge in [-0.05, 0) is 90.7 Å². The number of carbonyl (C=O) groups excluding carboxylic acids is 1. The predicted octanol–water partition coefficient (Wildman–Crippen LogP) is 5.66. The van der Waals surface area contributed by atoms with E-state index in [2.05, 4.69) is 20.9 Å². The van der Waals surface area contributed by atoms with Gasteiger partial charge in [-0.3, -0.25) is 29.6 Å². The summed E-state index contributed by atoms with van der Waals surface area (Å²) in [7, 11) is 0. The Kier molecular flexibility index (Phi) is 10.2. The predicted molar refractivity (Wildman–Crippen MR) is 181 cm³/mol. The third-order valence-corrected chi connectivity index (χ3v) is 8.99. The average Bonchev–Trinajstić information content (AvgIpc) is 3.34. The number of rotatable bonds is 11. The van der Waals surface area contributed by atoms with Crippen molar-refractivity contribution >= 4 is 50.7 Å². The monoisotopic (exact) mass is 736 g/mol.